The van der Waals surface area contributed by atoms with E-state index in [1.807, 2.05) is 0 Å². The third kappa shape index (κ3) is 2.81. The minimum atomic E-state index is -0.889. The fraction of sp³-hybridized carbons (Fsp3) is 0.300. The fourth-order valence-electron chi connectivity index (χ4n) is 1.16. The molecule has 0 amide bonds. The molecule has 0 radical (unpaired) electrons. The topological polar surface area (TPSA) is 57.5 Å². The summed E-state index contributed by atoms with van der Waals surface area (Å²) in [6.07, 6.45) is 0.360. The van der Waals surface area contributed by atoms with Crippen molar-refractivity contribution in [2.24, 2.45) is 0 Å². The zero-order chi connectivity index (χ0) is 10.6. The van der Waals surface area contributed by atoms with E-state index in [4.69, 9.17) is 10.2 Å². The van der Waals surface area contributed by atoms with Gasteiger partial charge in [-0.1, -0.05) is 12.1 Å². The first-order valence-electron chi connectivity index (χ1n) is 4.23. The number of carbonyl (C=O) groups is 1. The predicted molar refractivity (Wildman–Crippen MR) is 48.3 cm³/mol. The van der Waals surface area contributed by atoms with E-state index in [-0.39, 0.29) is 18.6 Å². The SMILES string of the molecule is O=C(O)CCc1ccc(F)c(CO)c1. The van der Waals surface area contributed by atoms with Gasteiger partial charge in [0, 0.05) is 12.0 Å². The van der Waals surface area contributed by atoms with Gasteiger partial charge in [0.05, 0.1) is 6.61 Å². The second-order valence-electron chi connectivity index (χ2n) is 2.98. The maximum absolute atomic E-state index is 12.9. The standard InChI is InChI=1S/C10H11FO3/c11-9-3-1-7(2-4-10(13)14)5-8(9)6-12/h1,3,5,12H,2,4,6H2,(H,13,14). The molecule has 0 aliphatic rings. The van der Waals surface area contributed by atoms with Gasteiger partial charge in [-0.05, 0) is 18.1 Å². The molecule has 14 heavy (non-hydrogen) atoms. The van der Waals surface area contributed by atoms with Crippen LogP contribution in [0.25, 0.3) is 0 Å². The number of carboxylic acid groups (broad SMARTS) is 1. The molecule has 1 aromatic carbocycles. The number of benzene rings is 1. The summed E-state index contributed by atoms with van der Waals surface area (Å²) in [6, 6.07) is 4.25. The molecule has 76 valence electrons. The van der Waals surface area contributed by atoms with Gasteiger partial charge in [-0.3, -0.25) is 4.79 Å². The Morgan fingerprint density at radius 2 is 2.14 bits per heavy atom. The van der Waals surface area contributed by atoms with Gasteiger partial charge in [0.1, 0.15) is 5.82 Å². The van der Waals surface area contributed by atoms with Gasteiger partial charge in [-0.15, -0.1) is 0 Å². The third-order valence-electron chi connectivity index (χ3n) is 1.91. The van der Waals surface area contributed by atoms with Crippen LogP contribution in [-0.2, 0) is 17.8 Å². The van der Waals surface area contributed by atoms with E-state index in [9.17, 15) is 9.18 Å². The zero-order valence-electron chi connectivity index (χ0n) is 7.53. The number of aliphatic hydroxyl groups excluding tert-OH is 1. The molecule has 0 bridgehead atoms. The van der Waals surface area contributed by atoms with Crippen LogP contribution in [0.15, 0.2) is 18.2 Å². The third-order valence-corrected chi connectivity index (χ3v) is 1.91. The molecule has 0 unspecified atom stereocenters. The number of aliphatic carboxylic acids is 1. The van der Waals surface area contributed by atoms with Crippen LogP contribution in [0, 0.1) is 5.82 Å². The number of aryl methyl sites for hydroxylation is 1. The predicted octanol–water partition coefficient (Wildman–Crippen LogP) is 1.34. The van der Waals surface area contributed by atoms with Crippen LogP contribution in [0.2, 0.25) is 0 Å². The molecule has 3 nitrogen and oxygen atoms in total. The first kappa shape index (κ1) is 10.7. The van der Waals surface area contributed by atoms with E-state index in [2.05, 4.69) is 0 Å². The molecule has 0 aromatic heterocycles. The lowest BCUT2D eigenvalue weighted by molar-refractivity contribution is -0.136. The highest BCUT2D eigenvalue weighted by atomic mass is 19.1. The number of rotatable bonds is 4. The van der Waals surface area contributed by atoms with Crippen molar-refractivity contribution in [3.63, 3.8) is 0 Å². The first-order valence-corrected chi connectivity index (χ1v) is 4.23. The number of hydrogen-bond acceptors (Lipinski definition) is 2. The number of aliphatic hydroxyl groups is 1. The van der Waals surface area contributed by atoms with Crippen molar-refractivity contribution in [3.8, 4) is 0 Å². The zero-order valence-corrected chi connectivity index (χ0v) is 7.53. The summed E-state index contributed by atoms with van der Waals surface area (Å²) in [5, 5.41) is 17.2. The Morgan fingerprint density at radius 1 is 1.43 bits per heavy atom. The molecule has 0 saturated heterocycles. The van der Waals surface area contributed by atoms with Gasteiger partial charge in [0.2, 0.25) is 0 Å². The maximum atomic E-state index is 12.9. The Kier molecular flexibility index (Phi) is 3.59. The van der Waals surface area contributed by atoms with Crippen LogP contribution in [0.4, 0.5) is 4.39 Å². The fourth-order valence-corrected chi connectivity index (χ4v) is 1.16. The van der Waals surface area contributed by atoms with Crippen LogP contribution in [0.5, 0.6) is 0 Å². The lowest BCUT2D eigenvalue weighted by Crippen LogP contribution is -1.99. The summed E-state index contributed by atoms with van der Waals surface area (Å²) >= 11 is 0. The van der Waals surface area contributed by atoms with Crippen LogP contribution >= 0.6 is 0 Å². The average molecular weight is 198 g/mol. The molecule has 0 aliphatic heterocycles. The minimum Gasteiger partial charge on any atom is -0.481 e. The van der Waals surface area contributed by atoms with Gasteiger partial charge in [-0.25, -0.2) is 4.39 Å². The van der Waals surface area contributed by atoms with E-state index in [0.29, 0.717) is 6.42 Å². The number of hydrogen-bond donors (Lipinski definition) is 2. The van der Waals surface area contributed by atoms with E-state index in [1.54, 1.807) is 0 Å². The Morgan fingerprint density at radius 3 is 2.71 bits per heavy atom. The molecule has 0 heterocycles. The van der Waals surface area contributed by atoms with Gasteiger partial charge >= 0.3 is 5.97 Å². The Labute approximate surface area is 80.8 Å². The van der Waals surface area contributed by atoms with Crippen molar-refractivity contribution < 1.29 is 19.4 Å². The van der Waals surface area contributed by atoms with Crippen molar-refractivity contribution in [3.05, 3.63) is 35.1 Å². The molecular weight excluding hydrogens is 187 g/mol. The highest BCUT2D eigenvalue weighted by molar-refractivity contribution is 5.67. The molecule has 0 atom stereocenters. The van der Waals surface area contributed by atoms with Gasteiger partial charge in [0.25, 0.3) is 0 Å². The van der Waals surface area contributed by atoms with Crippen molar-refractivity contribution in [2.75, 3.05) is 0 Å². The second-order valence-corrected chi connectivity index (χ2v) is 2.98. The first-order chi connectivity index (χ1) is 6.63. The lowest BCUT2D eigenvalue weighted by Gasteiger charge is -2.02. The highest BCUT2D eigenvalue weighted by Gasteiger charge is 2.04. The van der Waals surface area contributed by atoms with E-state index < -0.39 is 11.8 Å². The van der Waals surface area contributed by atoms with Crippen molar-refractivity contribution >= 4 is 5.97 Å². The molecule has 0 fully saturated rings. The average Bonchev–Trinajstić information content (AvgIpc) is 2.16. The summed E-state index contributed by atoms with van der Waals surface area (Å²) < 4.78 is 12.9. The van der Waals surface area contributed by atoms with Crippen molar-refractivity contribution in [2.45, 2.75) is 19.4 Å². The minimum absolute atomic E-state index is 0.0104. The Bertz CT molecular complexity index is 336. The van der Waals surface area contributed by atoms with E-state index in [1.165, 1.54) is 18.2 Å². The molecular formula is C10H11FO3. The highest BCUT2D eigenvalue weighted by Crippen LogP contribution is 2.12. The normalized spacial score (nSPS) is 10.1. The van der Waals surface area contributed by atoms with Crippen LogP contribution in [-0.4, -0.2) is 16.2 Å². The van der Waals surface area contributed by atoms with Crippen molar-refractivity contribution in [1.29, 1.82) is 0 Å². The summed E-state index contributed by atoms with van der Waals surface area (Å²) in [4.78, 5) is 10.3. The summed E-state index contributed by atoms with van der Waals surface area (Å²) in [5.74, 6) is -1.36. The number of halogens is 1. The summed E-state index contributed by atoms with van der Waals surface area (Å²) in [5.41, 5.74) is 0.922. The van der Waals surface area contributed by atoms with Crippen LogP contribution < -0.4 is 0 Å². The maximum Gasteiger partial charge on any atom is 0.303 e. The van der Waals surface area contributed by atoms with Gasteiger partial charge < -0.3 is 10.2 Å². The van der Waals surface area contributed by atoms with Gasteiger partial charge in [-0.2, -0.15) is 0 Å². The summed E-state index contributed by atoms with van der Waals surface area (Å²) in [6.45, 7) is -0.368. The molecule has 0 spiro atoms. The Hall–Kier alpha value is -1.42. The molecule has 1 rings (SSSR count). The number of carboxylic acids is 1. The van der Waals surface area contributed by atoms with Crippen LogP contribution in [0.1, 0.15) is 17.5 Å². The largest absolute Gasteiger partial charge is 0.481 e. The van der Waals surface area contributed by atoms with Crippen molar-refractivity contribution in [1.82, 2.24) is 0 Å². The monoisotopic (exact) mass is 198 g/mol. The van der Waals surface area contributed by atoms with E-state index >= 15 is 0 Å². The molecule has 0 saturated carbocycles. The van der Waals surface area contributed by atoms with E-state index in [0.717, 1.165) is 5.56 Å². The van der Waals surface area contributed by atoms with Gasteiger partial charge in [0.15, 0.2) is 0 Å². The summed E-state index contributed by atoms with van der Waals surface area (Å²) in [7, 11) is 0. The molecule has 2 N–H and O–H groups in total. The quantitative estimate of drug-likeness (QED) is 0.767. The Balaban J connectivity index is 2.74. The lowest BCUT2D eigenvalue weighted by atomic mass is 10.1. The smallest absolute Gasteiger partial charge is 0.303 e. The molecule has 1 aromatic rings. The second kappa shape index (κ2) is 4.72. The van der Waals surface area contributed by atoms with Crippen LogP contribution in [0.3, 0.4) is 0 Å². The molecule has 0 aliphatic carbocycles. The molecule has 4 heteroatoms.